The van der Waals surface area contributed by atoms with E-state index in [2.05, 4.69) is 10.4 Å². The summed E-state index contributed by atoms with van der Waals surface area (Å²) in [6.45, 7) is 6.89. The summed E-state index contributed by atoms with van der Waals surface area (Å²) in [5, 5.41) is 8.14. The second kappa shape index (κ2) is 8.83. The van der Waals surface area contributed by atoms with Crippen LogP contribution in [0, 0.1) is 13.8 Å². The molecular weight excluding hydrogens is 338 g/mol. The summed E-state index contributed by atoms with van der Waals surface area (Å²) in [4.78, 5) is 12.0. The maximum absolute atomic E-state index is 12.0. The summed E-state index contributed by atoms with van der Waals surface area (Å²) in [5.41, 5.74) is 3.82. The topological polar surface area (TPSA) is 56.1 Å². The zero-order valence-electron chi connectivity index (χ0n) is 15.0. The fraction of sp³-hybridized carbons (Fsp3) is 0.368. The smallest absolute Gasteiger partial charge is 0.244 e. The van der Waals surface area contributed by atoms with Crippen molar-refractivity contribution < 1.29 is 9.53 Å². The van der Waals surface area contributed by atoms with Gasteiger partial charge in [0.1, 0.15) is 0 Å². The van der Waals surface area contributed by atoms with Crippen LogP contribution < -0.4 is 5.32 Å². The van der Waals surface area contributed by atoms with Gasteiger partial charge >= 0.3 is 0 Å². The van der Waals surface area contributed by atoms with Crippen molar-refractivity contribution in [3.05, 3.63) is 57.9 Å². The van der Waals surface area contributed by atoms with Gasteiger partial charge in [-0.25, -0.2) is 0 Å². The summed E-state index contributed by atoms with van der Waals surface area (Å²) in [7, 11) is 1.61. The molecule has 0 aliphatic rings. The monoisotopic (exact) mass is 361 g/mol. The van der Waals surface area contributed by atoms with Crippen LogP contribution in [-0.4, -0.2) is 35.4 Å². The highest BCUT2D eigenvalue weighted by molar-refractivity contribution is 6.31. The fourth-order valence-corrected chi connectivity index (χ4v) is 2.83. The third-order valence-corrected chi connectivity index (χ3v) is 4.29. The van der Waals surface area contributed by atoms with E-state index in [0.29, 0.717) is 13.2 Å². The Morgan fingerprint density at radius 2 is 2.12 bits per heavy atom. The van der Waals surface area contributed by atoms with Gasteiger partial charge in [0.15, 0.2) is 0 Å². The van der Waals surface area contributed by atoms with E-state index >= 15 is 0 Å². The molecule has 0 bridgehead atoms. The van der Waals surface area contributed by atoms with Crippen LogP contribution >= 0.6 is 11.6 Å². The molecule has 1 N–H and O–H groups in total. The van der Waals surface area contributed by atoms with Crippen molar-refractivity contribution in [2.75, 3.05) is 13.7 Å². The minimum absolute atomic E-state index is 0.0349. The normalized spacial score (nSPS) is 12.5. The highest BCUT2D eigenvalue weighted by Crippen LogP contribution is 2.20. The molecule has 0 aliphatic heterocycles. The molecule has 6 heteroatoms. The first-order valence-electron chi connectivity index (χ1n) is 8.17. The maximum atomic E-state index is 12.0. The Balaban J connectivity index is 2.12. The molecule has 0 spiro atoms. The van der Waals surface area contributed by atoms with E-state index in [4.69, 9.17) is 16.3 Å². The molecule has 0 radical (unpaired) electrons. The number of aromatic nitrogens is 2. The number of halogens is 1. The number of nitrogens with zero attached hydrogens (tertiary/aromatic N) is 2. The predicted molar refractivity (Wildman–Crippen MR) is 101 cm³/mol. The lowest BCUT2D eigenvalue weighted by Gasteiger charge is -2.10. The van der Waals surface area contributed by atoms with Crippen LogP contribution in [0.4, 0.5) is 0 Å². The predicted octanol–water partition coefficient (Wildman–Crippen LogP) is 3.37. The molecule has 1 aromatic carbocycles. The van der Waals surface area contributed by atoms with Crippen molar-refractivity contribution in [1.29, 1.82) is 0 Å². The molecule has 2 aromatic rings. The van der Waals surface area contributed by atoms with Gasteiger partial charge in [-0.05, 0) is 38.5 Å². The summed E-state index contributed by atoms with van der Waals surface area (Å²) in [6, 6.07) is 7.68. The van der Waals surface area contributed by atoms with Crippen LogP contribution in [0.1, 0.15) is 29.4 Å². The quantitative estimate of drug-likeness (QED) is 0.769. The van der Waals surface area contributed by atoms with Crippen LogP contribution in [-0.2, 0) is 16.1 Å². The van der Waals surface area contributed by atoms with Crippen molar-refractivity contribution in [3.63, 3.8) is 0 Å². The van der Waals surface area contributed by atoms with E-state index in [1.807, 2.05) is 49.7 Å². The SMILES string of the molecule is COCC(C)NC(=O)/C=C/c1c(C)nn(Cc2ccccc2Cl)c1C. The molecule has 134 valence electrons. The van der Waals surface area contributed by atoms with Crippen LogP contribution in [0.2, 0.25) is 5.02 Å². The Labute approximate surface area is 153 Å². The average molecular weight is 362 g/mol. The zero-order chi connectivity index (χ0) is 18.4. The molecule has 1 unspecified atom stereocenters. The summed E-state index contributed by atoms with van der Waals surface area (Å²) < 4.78 is 6.92. The van der Waals surface area contributed by atoms with Gasteiger partial charge in [-0.1, -0.05) is 29.8 Å². The third kappa shape index (κ3) is 5.18. The molecule has 1 amide bonds. The lowest BCUT2D eigenvalue weighted by Crippen LogP contribution is -2.34. The summed E-state index contributed by atoms with van der Waals surface area (Å²) >= 11 is 6.23. The molecule has 5 nitrogen and oxygen atoms in total. The Kier molecular flexibility index (Phi) is 6.79. The molecule has 0 aliphatic carbocycles. The van der Waals surface area contributed by atoms with Crippen LogP contribution in [0.25, 0.3) is 6.08 Å². The molecule has 0 saturated heterocycles. The number of nitrogens with one attached hydrogen (secondary N) is 1. The van der Waals surface area contributed by atoms with Crippen LogP contribution in [0.15, 0.2) is 30.3 Å². The summed E-state index contributed by atoms with van der Waals surface area (Å²) in [5.74, 6) is -0.151. The molecule has 2 rings (SSSR count). The Bertz CT molecular complexity index is 768. The van der Waals surface area contributed by atoms with Gasteiger partial charge < -0.3 is 10.1 Å². The average Bonchev–Trinajstić information content (AvgIpc) is 2.82. The minimum atomic E-state index is -0.151. The maximum Gasteiger partial charge on any atom is 0.244 e. The van der Waals surface area contributed by atoms with Gasteiger partial charge in [0.05, 0.1) is 18.8 Å². The van der Waals surface area contributed by atoms with Gasteiger partial charge in [-0.15, -0.1) is 0 Å². The Morgan fingerprint density at radius 3 is 2.80 bits per heavy atom. The van der Waals surface area contributed by atoms with E-state index in [0.717, 1.165) is 27.5 Å². The van der Waals surface area contributed by atoms with Gasteiger partial charge in [0.25, 0.3) is 0 Å². The number of methoxy groups -OCH3 is 1. The fourth-order valence-electron chi connectivity index (χ4n) is 2.64. The van der Waals surface area contributed by atoms with E-state index in [1.54, 1.807) is 13.2 Å². The van der Waals surface area contributed by atoms with Crippen molar-refractivity contribution >= 4 is 23.6 Å². The van der Waals surface area contributed by atoms with E-state index in [9.17, 15) is 4.79 Å². The second-order valence-electron chi connectivity index (χ2n) is 6.03. The Hall–Kier alpha value is -2.11. The van der Waals surface area contributed by atoms with Gasteiger partial charge in [0.2, 0.25) is 5.91 Å². The largest absolute Gasteiger partial charge is 0.383 e. The number of hydrogen-bond donors (Lipinski definition) is 1. The highest BCUT2D eigenvalue weighted by Gasteiger charge is 2.11. The molecule has 0 saturated carbocycles. The number of hydrogen-bond acceptors (Lipinski definition) is 3. The molecule has 25 heavy (non-hydrogen) atoms. The number of carbonyl (C=O) groups excluding carboxylic acids is 1. The van der Waals surface area contributed by atoms with Crippen LogP contribution in [0.5, 0.6) is 0 Å². The molecular formula is C19H24ClN3O2. The number of ether oxygens (including phenoxy) is 1. The first-order chi connectivity index (χ1) is 11.9. The highest BCUT2D eigenvalue weighted by atomic mass is 35.5. The van der Waals surface area contributed by atoms with Crippen LogP contribution in [0.3, 0.4) is 0 Å². The zero-order valence-corrected chi connectivity index (χ0v) is 15.8. The molecule has 1 aromatic heterocycles. The van der Waals surface area contributed by atoms with Gasteiger partial charge in [0, 0.05) is 35.5 Å². The van der Waals surface area contributed by atoms with Crippen molar-refractivity contribution in [2.45, 2.75) is 33.4 Å². The number of amides is 1. The number of benzene rings is 1. The van der Waals surface area contributed by atoms with Crippen molar-refractivity contribution in [1.82, 2.24) is 15.1 Å². The molecule has 0 fully saturated rings. The van der Waals surface area contributed by atoms with Gasteiger partial charge in [-0.2, -0.15) is 5.10 Å². The van der Waals surface area contributed by atoms with E-state index in [-0.39, 0.29) is 11.9 Å². The van der Waals surface area contributed by atoms with Crippen molar-refractivity contribution in [2.24, 2.45) is 0 Å². The molecule has 1 heterocycles. The number of rotatable bonds is 7. The summed E-state index contributed by atoms with van der Waals surface area (Å²) in [6.07, 6.45) is 3.33. The number of carbonyl (C=O) groups is 1. The second-order valence-corrected chi connectivity index (χ2v) is 6.44. The third-order valence-electron chi connectivity index (χ3n) is 3.92. The lowest BCUT2D eigenvalue weighted by molar-refractivity contribution is -0.117. The first-order valence-corrected chi connectivity index (χ1v) is 8.55. The van der Waals surface area contributed by atoms with Gasteiger partial charge in [-0.3, -0.25) is 9.48 Å². The number of aryl methyl sites for hydroxylation is 1. The minimum Gasteiger partial charge on any atom is -0.383 e. The van der Waals surface area contributed by atoms with Crippen molar-refractivity contribution in [3.8, 4) is 0 Å². The van der Waals surface area contributed by atoms with E-state index < -0.39 is 0 Å². The Morgan fingerprint density at radius 1 is 1.40 bits per heavy atom. The molecule has 1 atom stereocenters. The first kappa shape index (κ1) is 19.2. The standard InChI is InChI=1S/C19H24ClN3O2/c1-13(12-25-4)21-19(24)10-9-17-14(2)22-23(15(17)3)11-16-7-5-6-8-18(16)20/h5-10,13H,11-12H2,1-4H3,(H,21,24)/b10-9+. The van der Waals surface area contributed by atoms with E-state index in [1.165, 1.54) is 6.08 Å². The lowest BCUT2D eigenvalue weighted by atomic mass is 10.1.